The maximum absolute atomic E-state index is 13.2. The van der Waals surface area contributed by atoms with Crippen LogP contribution in [0, 0.1) is 0 Å². The Morgan fingerprint density at radius 2 is 1.97 bits per heavy atom. The second kappa shape index (κ2) is 8.21. The fourth-order valence-electron chi connectivity index (χ4n) is 3.99. The van der Waals surface area contributed by atoms with E-state index in [0.717, 1.165) is 36.0 Å². The predicted molar refractivity (Wildman–Crippen MR) is 115 cm³/mol. The zero-order valence-electron chi connectivity index (χ0n) is 16.8. The van der Waals surface area contributed by atoms with Crippen LogP contribution in [-0.2, 0) is 6.54 Å². The fraction of sp³-hybridized carbons (Fsp3) is 0.500. The molecule has 1 aliphatic heterocycles. The number of alkyl halides is 2. The van der Waals surface area contributed by atoms with Crippen LogP contribution in [0.2, 0.25) is 0 Å². The van der Waals surface area contributed by atoms with Crippen molar-refractivity contribution in [2.24, 2.45) is 0 Å². The highest BCUT2D eigenvalue weighted by atomic mass is 32.1. The molecule has 0 spiro atoms. The van der Waals surface area contributed by atoms with Gasteiger partial charge in [-0.1, -0.05) is 11.3 Å². The van der Waals surface area contributed by atoms with Crippen LogP contribution in [0.4, 0.5) is 25.7 Å². The third kappa shape index (κ3) is 4.89. The number of nitrogens with one attached hydrogen (secondary N) is 2. The van der Waals surface area contributed by atoms with Gasteiger partial charge in [-0.15, -0.1) is 0 Å². The highest BCUT2D eigenvalue weighted by Crippen LogP contribution is 2.30. The summed E-state index contributed by atoms with van der Waals surface area (Å²) in [6.07, 6.45) is 4.62. The summed E-state index contributed by atoms with van der Waals surface area (Å²) in [6.45, 7) is -0.189. The van der Waals surface area contributed by atoms with Crippen molar-refractivity contribution in [2.75, 3.05) is 23.7 Å². The first-order chi connectivity index (χ1) is 14.9. The van der Waals surface area contributed by atoms with E-state index in [1.165, 1.54) is 11.3 Å². The smallest absolute Gasteiger partial charge is 0.272 e. The van der Waals surface area contributed by atoms with Gasteiger partial charge in [0, 0.05) is 24.8 Å². The number of hydrogen-bond donors (Lipinski definition) is 3. The van der Waals surface area contributed by atoms with E-state index in [9.17, 15) is 13.9 Å². The van der Waals surface area contributed by atoms with Gasteiger partial charge in [0.1, 0.15) is 16.2 Å². The van der Waals surface area contributed by atoms with Crippen LogP contribution >= 0.6 is 11.3 Å². The van der Waals surface area contributed by atoms with Gasteiger partial charge in [0.25, 0.3) is 5.92 Å². The van der Waals surface area contributed by atoms with Gasteiger partial charge in [-0.25, -0.2) is 23.7 Å². The van der Waals surface area contributed by atoms with E-state index in [2.05, 4.69) is 30.6 Å². The number of thiazole rings is 1. The molecule has 3 aromatic heterocycles. The Kier molecular flexibility index (Phi) is 5.40. The SMILES string of the molecule is OC1CCC(Nc2nc(CN3CC(F)(F)C3)cc(Nc3nc4cccnc4s3)n2)CC1. The van der Waals surface area contributed by atoms with Gasteiger partial charge in [0.05, 0.1) is 24.9 Å². The van der Waals surface area contributed by atoms with Crippen molar-refractivity contribution in [3.05, 3.63) is 30.1 Å². The lowest BCUT2D eigenvalue weighted by molar-refractivity contribution is -0.134. The molecule has 5 rings (SSSR count). The number of aliphatic hydroxyl groups is 1. The lowest BCUT2D eigenvalue weighted by atomic mass is 9.93. The molecule has 11 heteroatoms. The Morgan fingerprint density at radius 1 is 1.16 bits per heavy atom. The van der Waals surface area contributed by atoms with Crippen molar-refractivity contribution in [1.82, 2.24) is 24.8 Å². The third-order valence-electron chi connectivity index (χ3n) is 5.51. The summed E-state index contributed by atoms with van der Waals surface area (Å²) in [4.78, 5) is 20.4. The molecule has 2 fully saturated rings. The Hall–Kier alpha value is -2.50. The monoisotopic (exact) mass is 447 g/mol. The van der Waals surface area contributed by atoms with Crippen LogP contribution in [0.15, 0.2) is 24.4 Å². The number of pyridine rings is 1. The molecule has 0 amide bonds. The average Bonchev–Trinajstić information content (AvgIpc) is 3.10. The molecule has 0 atom stereocenters. The van der Waals surface area contributed by atoms with Gasteiger partial charge < -0.3 is 15.7 Å². The summed E-state index contributed by atoms with van der Waals surface area (Å²) in [5.74, 6) is -1.62. The number of aromatic nitrogens is 4. The normalized spacial score (nSPS) is 23.5. The first-order valence-corrected chi connectivity index (χ1v) is 11.1. The van der Waals surface area contributed by atoms with Gasteiger partial charge >= 0.3 is 0 Å². The van der Waals surface area contributed by atoms with E-state index in [-0.39, 0.29) is 25.2 Å². The van der Waals surface area contributed by atoms with Crippen molar-refractivity contribution in [1.29, 1.82) is 0 Å². The minimum absolute atomic E-state index is 0.173. The average molecular weight is 448 g/mol. The van der Waals surface area contributed by atoms with E-state index >= 15 is 0 Å². The van der Waals surface area contributed by atoms with Crippen molar-refractivity contribution in [2.45, 2.75) is 50.3 Å². The standard InChI is InChI=1S/C20H23F2N7OS/c21-20(22)10-29(11-20)9-13-8-16(28-19-26-15-2-1-7-23-17(15)31-19)27-18(25-13)24-12-3-5-14(30)6-4-12/h1-2,7-8,12,14,30H,3-6,9-11H2,(H2,24,25,26,27,28). The first-order valence-electron chi connectivity index (χ1n) is 10.3. The topological polar surface area (TPSA) is 99.1 Å². The molecule has 0 bridgehead atoms. The molecule has 164 valence electrons. The molecular weight excluding hydrogens is 424 g/mol. The molecule has 8 nitrogen and oxygen atoms in total. The van der Waals surface area contributed by atoms with E-state index in [1.807, 2.05) is 12.1 Å². The molecule has 0 unspecified atom stereocenters. The highest BCUT2D eigenvalue weighted by molar-refractivity contribution is 7.21. The van der Waals surface area contributed by atoms with Crippen molar-refractivity contribution >= 4 is 38.6 Å². The Balaban J connectivity index is 1.36. The minimum atomic E-state index is -2.62. The van der Waals surface area contributed by atoms with Crippen LogP contribution in [0.25, 0.3) is 10.3 Å². The molecular formula is C20H23F2N7OS. The molecule has 2 aliphatic rings. The number of rotatable bonds is 6. The number of halogens is 2. The summed E-state index contributed by atoms with van der Waals surface area (Å²) in [6, 6.07) is 5.67. The van der Waals surface area contributed by atoms with Crippen LogP contribution in [-0.4, -0.2) is 61.1 Å². The number of anilines is 3. The molecule has 4 heterocycles. The molecule has 3 N–H and O–H groups in total. The molecule has 0 radical (unpaired) electrons. The van der Waals surface area contributed by atoms with Crippen molar-refractivity contribution < 1.29 is 13.9 Å². The molecule has 31 heavy (non-hydrogen) atoms. The Morgan fingerprint density at radius 3 is 2.71 bits per heavy atom. The van der Waals surface area contributed by atoms with Gasteiger partial charge in [0.15, 0.2) is 5.13 Å². The van der Waals surface area contributed by atoms with E-state index in [4.69, 9.17) is 0 Å². The number of aliphatic hydroxyl groups excluding tert-OH is 1. The van der Waals surface area contributed by atoms with Crippen LogP contribution in [0.5, 0.6) is 0 Å². The number of nitrogens with zero attached hydrogens (tertiary/aromatic N) is 5. The van der Waals surface area contributed by atoms with Crippen LogP contribution < -0.4 is 10.6 Å². The number of likely N-dealkylation sites (tertiary alicyclic amines) is 1. The maximum Gasteiger partial charge on any atom is 0.272 e. The summed E-state index contributed by atoms with van der Waals surface area (Å²) in [7, 11) is 0. The van der Waals surface area contributed by atoms with Crippen LogP contribution in [0.3, 0.4) is 0 Å². The third-order valence-corrected chi connectivity index (χ3v) is 6.40. The summed E-state index contributed by atoms with van der Waals surface area (Å²) in [5.41, 5.74) is 1.46. The Labute approximate surface area is 181 Å². The van der Waals surface area contributed by atoms with Gasteiger partial charge in [-0.3, -0.25) is 4.90 Å². The molecule has 1 saturated heterocycles. The van der Waals surface area contributed by atoms with Crippen LogP contribution in [0.1, 0.15) is 31.4 Å². The molecule has 0 aromatic carbocycles. The predicted octanol–water partition coefficient (Wildman–Crippen LogP) is 3.39. The second-order valence-corrected chi connectivity index (χ2v) is 9.17. The molecule has 1 saturated carbocycles. The summed E-state index contributed by atoms with van der Waals surface area (Å²) < 4.78 is 26.5. The first kappa shape index (κ1) is 20.4. The minimum Gasteiger partial charge on any atom is -0.393 e. The maximum atomic E-state index is 13.2. The van der Waals surface area contributed by atoms with Crippen molar-refractivity contribution in [3.8, 4) is 0 Å². The highest BCUT2D eigenvalue weighted by Gasteiger charge is 2.43. The summed E-state index contributed by atoms with van der Waals surface area (Å²) >= 11 is 1.42. The number of fused-ring (bicyclic) bond motifs is 1. The van der Waals surface area contributed by atoms with E-state index in [1.54, 1.807) is 17.2 Å². The quantitative estimate of drug-likeness (QED) is 0.529. The molecule has 3 aromatic rings. The van der Waals surface area contributed by atoms with E-state index in [0.29, 0.717) is 29.1 Å². The lowest BCUT2D eigenvalue weighted by Gasteiger charge is -2.38. The largest absolute Gasteiger partial charge is 0.393 e. The van der Waals surface area contributed by atoms with E-state index < -0.39 is 5.92 Å². The fourth-order valence-corrected chi connectivity index (χ4v) is 4.81. The van der Waals surface area contributed by atoms with Crippen molar-refractivity contribution in [3.63, 3.8) is 0 Å². The molecule has 1 aliphatic carbocycles. The zero-order chi connectivity index (χ0) is 21.4. The Bertz CT molecular complexity index is 1030. The number of hydrogen-bond acceptors (Lipinski definition) is 9. The van der Waals surface area contributed by atoms with Gasteiger partial charge in [0.2, 0.25) is 5.95 Å². The summed E-state index contributed by atoms with van der Waals surface area (Å²) in [5, 5.41) is 17.0. The lowest BCUT2D eigenvalue weighted by Crippen LogP contribution is -2.55. The zero-order valence-corrected chi connectivity index (χ0v) is 17.6. The van der Waals surface area contributed by atoms with Gasteiger partial charge in [-0.05, 0) is 37.8 Å². The van der Waals surface area contributed by atoms with Gasteiger partial charge in [-0.2, -0.15) is 4.98 Å². The second-order valence-electron chi connectivity index (χ2n) is 8.19.